The summed E-state index contributed by atoms with van der Waals surface area (Å²) in [5.74, 6) is 0.792. The number of unbranched alkanes of at least 4 members (excludes halogenated alkanes) is 1. The number of aliphatic imine (C=N–C) groups is 1. The zero-order chi connectivity index (χ0) is 15.7. The molecule has 0 spiro atoms. The molecule has 124 valence electrons. The van der Waals surface area contributed by atoms with Crippen LogP contribution in [0.1, 0.15) is 12.8 Å². The lowest BCUT2D eigenvalue weighted by Gasteiger charge is -2.21. The molecule has 9 heteroatoms. The van der Waals surface area contributed by atoms with Crippen LogP contribution in [0.25, 0.3) is 0 Å². The zero-order valence-electron chi connectivity index (χ0n) is 12.9. The molecule has 0 unspecified atom stereocenters. The smallest absolute Gasteiger partial charge is 0.306 e. The molecule has 1 N–H and O–H groups in total. The summed E-state index contributed by atoms with van der Waals surface area (Å²) in [5, 5.41) is 17.7. The monoisotopic (exact) mass is 422 g/mol. The third-order valence-corrected chi connectivity index (χ3v) is 2.93. The molecule has 1 rings (SSSR count). The number of rotatable bonds is 8. The molecular weight excluding hydrogens is 399 g/mol. The zero-order valence-corrected chi connectivity index (χ0v) is 15.3. The van der Waals surface area contributed by atoms with Crippen LogP contribution in [0.3, 0.4) is 0 Å². The molecule has 1 aromatic rings. The minimum absolute atomic E-state index is 0. The molecule has 0 saturated carbocycles. The van der Waals surface area contributed by atoms with Crippen molar-refractivity contribution in [3.8, 4) is 0 Å². The lowest BCUT2D eigenvalue weighted by molar-refractivity contribution is -0.385. The van der Waals surface area contributed by atoms with E-state index in [9.17, 15) is 10.1 Å². The van der Waals surface area contributed by atoms with Crippen LogP contribution in [0.15, 0.2) is 30.0 Å². The highest BCUT2D eigenvalue weighted by Gasteiger charge is 2.09. The highest BCUT2D eigenvalue weighted by molar-refractivity contribution is 14.0. The standard InChI is InChI=1S/C13H22N6O2.HI/c1-4-5-6-8-17(3)13(14-2)15-7-9-18-11-12(10-16-18)19(20)21;/h4,10-11H,1,5-9H2,2-3H3,(H,14,15);1H. The Labute approximate surface area is 147 Å². The first-order chi connectivity index (χ1) is 10.1. The summed E-state index contributed by atoms with van der Waals surface area (Å²) in [4.78, 5) is 16.3. The minimum atomic E-state index is -0.455. The number of aromatic nitrogens is 2. The Kier molecular flexibility index (Phi) is 10.2. The topological polar surface area (TPSA) is 88.6 Å². The van der Waals surface area contributed by atoms with E-state index in [4.69, 9.17) is 0 Å². The van der Waals surface area contributed by atoms with E-state index < -0.39 is 4.92 Å². The summed E-state index contributed by atoms with van der Waals surface area (Å²) in [6.45, 7) is 5.72. The van der Waals surface area contributed by atoms with Crippen molar-refractivity contribution >= 4 is 35.6 Å². The lowest BCUT2D eigenvalue weighted by Crippen LogP contribution is -2.40. The van der Waals surface area contributed by atoms with Crippen LogP contribution in [-0.2, 0) is 6.54 Å². The first-order valence-electron chi connectivity index (χ1n) is 6.78. The van der Waals surface area contributed by atoms with Crippen LogP contribution in [0.2, 0.25) is 0 Å². The molecule has 22 heavy (non-hydrogen) atoms. The summed E-state index contributed by atoms with van der Waals surface area (Å²) in [6, 6.07) is 0. The van der Waals surface area contributed by atoms with Crippen LogP contribution < -0.4 is 5.32 Å². The summed E-state index contributed by atoms with van der Waals surface area (Å²) in [6.07, 6.45) is 6.55. The lowest BCUT2D eigenvalue weighted by atomic mass is 10.3. The molecule has 0 fully saturated rings. The highest BCUT2D eigenvalue weighted by Crippen LogP contribution is 2.06. The van der Waals surface area contributed by atoms with Gasteiger partial charge in [-0.3, -0.25) is 19.8 Å². The maximum Gasteiger partial charge on any atom is 0.306 e. The van der Waals surface area contributed by atoms with Gasteiger partial charge in [-0.1, -0.05) is 6.08 Å². The van der Waals surface area contributed by atoms with E-state index in [2.05, 4.69) is 22.0 Å². The SMILES string of the molecule is C=CCCCN(C)C(=NC)NCCn1cc([N+](=O)[O-])cn1.I. The molecule has 0 saturated heterocycles. The highest BCUT2D eigenvalue weighted by atomic mass is 127. The van der Waals surface area contributed by atoms with Crippen LogP contribution in [-0.4, -0.2) is 52.7 Å². The third-order valence-electron chi connectivity index (χ3n) is 2.93. The number of guanidine groups is 1. The van der Waals surface area contributed by atoms with E-state index >= 15 is 0 Å². The molecule has 8 nitrogen and oxygen atoms in total. The summed E-state index contributed by atoms with van der Waals surface area (Å²) in [7, 11) is 3.70. The van der Waals surface area contributed by atoms with Gasteiger partial charge in [-0.25, -0.2) is 0 Å². The van der Waals surface area contributed by atoms with Gasteiger partial charge in [-0.2, -0.15) is 5.10 Å². The number of halogens is 1. The van der Waals surface area contributed by atoms with E-state index in [1.807, 2.05) is 18.0 Å². The first kappa shape index (κ1) is 20.3. The molecule has 0 aliphatic carbocycles. The maximum absolute atomic E-state index is 10.6. The van der Waals surface area contributed by atoms with E-state index in [1.54, 1.807) is 7.05 Å². The second-order valence-corrected chi connectivity index (χ2v) is 4.55. The second-order valence-electron chi connectivity index (χ2n) is 4.55. The van der Waals surface area contributed by atoms with Gasteiger partial charge in [0, 0.05) is 27.2 Å². The van der Waals surface area contributed by atoms with Gasteiger partial charge in [0.1, 0.15) is 12.4 Å². The Morgan fingerprint density at radius 3 is 2.95 bits per heavy atom. The Morgan fingerprint density at radius 2 is 2.41 bits per heavy atom. The van der Waals surface area contributed by atoms with Crippen molar-refractivity contribution in [3.63, 3.8) is 0 Å². The Morgan fingerprint density at radius 1 is 1.68 bits per heavy atom. The molecule has 0 bridgehead atoms. The Bertz CT molecular complexity index is 502. The molecule has 0 amide bonds. The molecular formula is C13H23IN6O2. The fraction of sp³-hybridized carbons (Fsp3) is 0.538. The van der Waals surface area contributed by atoms with Crippen molar-refractivity contribution < 1.29 is 4.92 Å². The number of allylic oxidation sites excluding steroid dienone is 1. The molecule has 0 aliphatic rings. The van der Waals surface area contributed by atoms with Crippen molar-refractivity contribution in [2.75, 3.05) is 27.2 Å². The van der Waals surface area contributed by atoms with Crippen LogP contribution in [0, 0.1) is 10.1 Å². The van der Waals surface area contributed by atoms with Crippen molar-refractivity contribution in [2.45, 2.75) is 19.4 Å². The first-order valence-corrected chi connectivity index (χ1v) is 6.78. The number of hydrogen-bond acceptors (Lipinski definition) is 4. The summed E-state index contributed by atoms with van der Waals surface area (Å²) in [5.41, 5.74) is 0.000857. The Hall–Kier alpha value is -1.65. The fourth-order valence-corrected chi connectivity index (χ4v) is 1.81. The maximum atomic E-state index is 10.6. The van der Waals surface area contributed by atoms with Gasteiger partial charge in [0.2, 0.25) is 0 Å². The molecule has 0 atom stereocenters. The molecule has 1 aromatic heterocycles. The number of hydrogen-bond donors (Lipinski definition) is 1. The third kappa shape index (κ3) is 6.87. The van der Waals surface area contributed by atoms with Gasteiger partial charge < -0.3 is 10.2 Å². The Balaban J connectivity index is 0.00000441. The molecule has 0 radical (unpaired) electrons. The predicted molar refractivity (Wildman–Crippen MR) is 97.7 cm³/mol. The average Bonchev–Trinajstić information content (AvgIpc) is 2.93. The van der Waals surface area contributed by atoms with Gasteiger partial charge in [-0.05, 0) is 12.8 Å². The fourth-order valence-electron chi connectivity index (χ4n) is 1.81. The number of nitro groups is 1. The normalized spacial score (nSPS) is 10.7. The summed E-state index contributed by atoms with van der Waals surface area (Å²) < 4.78 is 1.54. The van der Waals surface area contributed by atoms with Gasteiger partial charge >= 0.3 is 5.69 Å². The minimum Gasteiger partial charge on any atom is -0.354 e. The largest absolute Gasteiger partial charge is 0.354 e. The molecule has 0 aromatic carbocycles. The van der Waals surface area contributed by atoms with Crippen LogP contribution >= 0.6 is 24.0 Å². The van der Waals surface area contributed by atoms with Crippen molar-refractivity contribution in [3.05, 3.63) is 35.2 Å². The van der Waals surface area contributed by atoms with Crippen LogP contribution in [0.5, 0.6) is 0 Å². The van der Waals surface area contributed by atoms with Gasteiger partial charge in [0.15, 0.2) is 5.96 Å². The van der Waals surface area contributed by atoms with Crippen molar-refractivity contribution in [1.82, 2.24) is 20.0 Å². The molecule has 0 aliphatic heterocycles. The van der Waals surface area contributed by atoms with Gasteiger partial charge in [0.25, 0.3) is 0 Å². The number of nitrogens with zero attached hydrogens (tertiary/aromatic N) is 5. The molecule has 1 heterocycles. The van der Waals surface area contributed by atoms with Gasteiger partial charge in [-0.15, -0.1) is 30.6 Å². The van der Waals surface area contributed by atoms with Crippen LogP contribution in [0.4, 0.5) is 5.69 Å². The quantitative estimate of drug-likeness (QED) is 0.132. The van der Waals surface area contributed by atoms with E-state index in [0.29, 0.717) is 13.1 Å². The predicted octanol–water partition coefficient (Wildman–Crippen LogP) is 1.88. The number of nitrogens with one attached hydrogen (secondary N) is 1. The van der Waals surface area contributed by atoms with E-state index in [0.717, 1.165) is 25.3 Å². The summed E-state index contributed by atoms with van der Waals surface area (Å²) >= 11 is 0. The van der Waals surface area contributed by atoms with Gasteiger partial charge in [0.05, 0.1) is 11.5 Å². The average molecular weight is 422 g/mol. The van der Waals surface area contributed by atoms with Crippen molar-refractivity contribution in [1.29, 1.82) is 0 Å². The van der Waals surface area contributed by atoms with E-state index in [-0.39, 0.29) is 29.7 Å². The second kappa shape index (κ2) is 11.0. The van der Waals surface area contributed by atoms with Crippen molar-refractivity contribution in [2.24, 2.45) is 4.99 Å². The van der Waals surface area contributed by atoms with E-state index in [1.165, 1.54) is 17.1 Å².